The molecule has 0 aliphatic carbocycles. The van der Waals surface area contributed by atoms with Gasteiger partial charge in [-0.2, -0.15) is 0 Å². The van der Waals surface area contributed by atoms with Gasteiger partial charge < -0.3 is 10.1 Å². The van der Waals surface area contributed by atoms with Gasteiger partial charge in [0.25, 0.3) is 0 Å². The molecule has 0 bridgehead atoms. The van der Waals surface area contributed by atoms with E-state index in [1.807, 2.05) is 12.1 Å². The Morgan fingerprint density at radius 1 is 0.680 bits per heavy atom. The highest BCUT2D eigenvalue weighted by Crippen LogP contribution is 2.19. The number of para-hydroxylation sites is 1. The Bertz CT molecular complexity index is 791. The van der Waals surface area contributed by atoms with Crippen LogP contribution in [0.2, 0.25) is 0 Å². The maximum atomic E-state index is 6.04. The first-order chi connectivity index (χ1) is 12.2. The molecule has 2 heteroatoms. The van der Waals surface area contributed by atoms with Crippen molar-refractivity contribution in [2.24, 2.45) is 0 Å². The molecule has 0 atom stereocenters. The summed E-state index contributed by atoms with van der Waals surface area (Å²) in [7, 11) is 0. The summed E-state index contributed by atoms with van der Waals surface area (Å²) in [6, 6.07) is 25.3. The van der Waals surface area contributed by atoms with Crippen LogP contribution in [-0.4, -0.2) is 0 Å². The highest BCUT2D eigenvalue weighted by Gasteiger charge is 2.03. The number of rotatable bonds is 7. The van der Waals surface area contributed by atoms with E-state index in [-0.39, 0.29) is 0 Å². The van der Waals surface area contributed by atoms with Crippen LogP contribution in [0.4, 0.5) is 0 Å². The topological polar surface area (TPSA) is 21.3 Å². The second kappa shape index (κ2) is 8.50. The lowest BCUT2D eigenvalue weighted by atomic mass is 10.1. The van der Waals surface area contributed by atoms with Crippen molar-refractivity contribution in [1.29, 1.82) is 0 Å². The van der Waals surface area contributed by atoms with E-state index in [1.165, 1.54) is 27.8 Å². The van der Waals surface area contributed by atoms with Crippen LogP contribution in [0.5, 0.6) is 5.75 Å². The van der Waals surface area contributed by atoms with Crippen molar-refractivity contribution < 1.29 is 4.74 Å². The first kappa shape index (κ1) is 17.2. The molecule has 0 aliphatic rings. The van der Waals surface area contributed by atoms with Gasteiger partial charge in [-0.1, -0.05) is 77.9 Å². The Balaban J connectivity index is 1.56. The van der Waals surface area contributed by atoms with E-state index >= 15 is 0 Å². The van der Waals surface area contributed by atoms with E-state index < -0.39 is 0 Å². The highest BCUT2D eigenvalue weighted by molar-refractivity contribution is 5.34. The normalized spacial score (nSPS) is 10.6. The van der Waals surface area contributed by atoms with Crippen molar-refractivity contribution in [3.05, 3.63) is 101 Å². The number of benzene rings is 3. The smallest absolute Gasteiger partial charge is 0.124 e. The van der Waals surface area contributed by atoms with Crippen LogP contribution in [0, 0.1) is 13.8 Å². The minimum atomic E-state index is 0.593. The number of aryl methyl sites for hydroxylation is 2. The number of ether oxygens (including phenoxy) is 1. The van der Waals surface area contributed by atoms with E-state index in [2.05, 4.69) is 79.8 Å². The minimum Gasteiger partial charge on any atom is -0.489 e. The third kappa shape index (κ3) is 5.20. The van der Waals surface area contributed by atoms with Crippen LogP contribution in [0.3, 0.4) is 0 Å². The lowest BCUT2D eigenvalue weighted by molar-refractivity contribution is 0.302. The molecule has 0 spiro atoms. The molecule has 3 aromatic carbocycles. The second-order valence-electron chi connectivity index (χ2n) is 6.47. The number of hydrogen-bond acceptors (Lipinski definition) is 2. The van der Waals surface area contributed by atoms with Crippen LogP contribution in [0.25, 0.3) is 0 Å². The maximum absolute atomic E-state index is 6.04. The van der Waals surface area contributed by atoms with Crippen molar-refractivity contribution in [3.8, 4) is 5.75 Å². The van der Waals surface area contributed by atoms with E-state index in [0.717, 1.165) is 18.8 Å². The molecule has 0 radical (unpaired) electrons. The Morgan fingerprint density at radius 3 is 1.96 bits per heavy atom. The SMILES string of the molecule is Cc1ccc(CNCc2ccccc2OCc2ccc(C)cc2)cc1. The first-order valence-corrected chi connectivity index (χ1v) is 8.73. The molecular weight excluding hydrogens is 306 g/mol. The molecule has 1 N–H and O–H groups in total. The minimum absolute atomic E-state index is 0.593. The summed E-state index contributed by atoms with van der Waals surface area (Å²) in [6.07, 6.45) is 0. The lowest BCUT2D eigenvalue weighted by Crippen LogP contribution is -2.13. The molecular formula is C23H25NO. The van der Waals surface area contributed by atoms with Crippen molar-refractivity contribution in [2.45, 2.75) is 33.5 Å². The van der Waals surface area contributed by atoms with Crippen molar-refractivity contribution >= 4 is 0 Å². The predicted octanol–water partition coefficient (Wildman–Crippen LogP) is 5.17. The summed E-state index contributed by atoms with van der Waals surface area (Å²) in [5.74, 6) is 0.944. The van der Waals surface area contributed by atoms with Gasteiger partial charge in [-0.3, -0.25) is 0 Å². The van der Waals surface area contributed by atoms with Crippen LogP contribution >= 0.6 is 0 Å². The number of hydrogen-bond donors (Lipinski definition) is 1. The van der Waals surface area contributed by atoms with E-state index in [9.17, 15) is 0 Å². The van der Waals surface area contributed by atoms with E-state index in [1.54, 1.807) is 0 Å². The van der Waals surface area contributed by atoms with Crippen LogP contribution in [0.1, 0.15) is 27.8 Å². The van der Waals surface area contributed by atoms with Crippen molar-refractivity contribution in [2.75, 3.05) is 0 Å². The van der Waals surface area contributed by atoms with Crippen molar-refractivity contribution in [3.63, 3.8) is 0 Å². The third-order valence-corrected chi connectivity index (χ3v) is 4.25. The molecule has 0 aromatic heterocycles. The number of nitrogens with one attached hydrogen (secondary N) is 1. The van der Waals surface area contributed by atoms with Gasteiger partial charge in [-0.15, -0.1) is 0 Å². The summed E-state index contributed by atoms with van der Waals surface area (Å²) in [5, 5.41) is 3.50. The van der Waals surface area contributed by atoms with Crippen molar-refractivity contribution in [1.82, 2.24) is 5.32 Å². The summed E-state index contributed by atoms with van der Waals surface area (Å²) < 4.78 is 6.04. The van der Waals surface area contributed by atoms with Gasteiger partial charge in [0.1, 0.15) is 12.4 Å². The fraction of sp³-hybridized carbons (Fsp3) is 0.217. The maximum Gasteiger partial charge on any atom is 0.124 e. The van der Waals surface area contributed by atoms with Gasteiger partial charge in [0.15, 0.2) is 0 Å². The Morgan fingerprint density at radius 2 is 1.28 bits per heavy atom. The predicted molar refractivity (Wildman–Crippen MR) is 104 cm³/mol. The molecule has 0 unspecified atom stereocenters. The van der Waals surface area contributed by atoms with E-state index in [4.69, 9.17) is 4.74 Å². The molecule has 0 saturated carbocycles. The Labute approximate surface area is 150 Å². The molecule has 128 valence electrons. The monoisotopic (exact) mass is 331 g/mol. The quantitative estimate of drug-likeness (QED) is 0.645. The average molecular weight is 331 g/mol. The van der Waals surface area contributed by atoms with Gasteiger partial charge in [-0.25, -0.2) is 0 Å². The van der Waals surface area contributed by atoms with Crippen LogP contribution < -0.4 is 10.1 Å². The molecule has 3 aromatic rings. The standard InChI is InChI=1S/C23H25NO/c1-18-7-11-20(12-8-18)15-24-16-22-5-3-4-6-23(22)25-17-21-13-9-19(2)10-14-21/h3-14,24H,15-17H2,1-2H3. The van der Waals surface area contributed by atoms with Gasteiger partial charge in [-0.05, 0) is 31.0 Å². The van der Waals surface area contributed by atoms with Crippen LogP contribution in [-0.2, 0) is 19.7 Å². The van der Waals surface area contributed by atoms with E-state index in [0.29, 0.717) is 6.61 Å². The fourth-order valence-electron chi connectivity index (χ4n) is 2.68. The molecule has 0 heterocycles. The van der Waals surface area contributed by atoms with Crippen LogP contribution in [0.15, 0.2) is 72.8 Å². The van der Waals surface area contributed by atoms with Gasteiger partial charge >= 0.3 is 0 Å². The summed E-state index contributed by atoms with van der Waals surface area (Å²) in [6.45, 7) is 6.44. The first-order valence-electron chi connectivity index (χ1n) is 8.73. The molecule has 0 aliphatic heterocycles. The summed E-state index contributed by atoms with van der Waals surface area (Å²) in [5.41, 5.74) is 6.22. The Kier molecular flexibility index (Phi) is 5.86. The summed E-state index contributed by atoms with van der Waals surface area (Å²) in [4.78, 5) is 0. The molecule has 2 nitrogen and oxygen atoms in total. The zero-order chi connectivity index (χ0) is 17.5. The molecule has 0 saturated heterocycles. The zero-order valence-electron chi connectivity index (χ0n) is 15.0. The third-order valence-electron chi connectivity index (χ3n) is 4.25. The highest BCUT2D eigenvalue weighted by atomic mass is 16.5. The fourth-order valence-corrected chi connectivity index (χ4v) is 2.68. The lowest BCUT2D eigenvalue weighted by Gasteiger charge is -2.12. The van der Waals surface area contributed by atoms with Gasteiger partial charge in [0, 0.05) is 18.7 Å². The average Bonchev–Trinajstić information content (AvgIpc) is 2.64. The second-order valence-corrected chi connectivity index (χ2v) is 6.47. The zero-order valence-corrected chi connectivity index (χ0v) is 15.0. The molecule has 0 fully saturated rings. The molecule has 25 heavy (non-hydrogen) atoms. The Hall–Kier alpha value is -2.58. The van der Waals surface area contributed by atoms with Gasteiger partial charge in [0.2, 0.25) is 0 Å². The molecule has 0 amide bonds. The van der Waals surface area contributed by atoms with Gasteiger partial charge in [0.05, 0.1) is 0 Å². The molecule has 3 rings (SSSR count). The largest absolute Gasteiger partial charge is 0.489 e. The summed E-state index contributed by atoms with van der Waals surface area (Å²) >= 11 is 0.